The molecule has 9 heteroatoms. The third kappa shape index (κ3) is 6.82. The first-order valence-electron chi connectivity index (χ1n) is 14.4. The number of allylic oxidation sites excluding steroid dienone is 1. The molecule has 9 nitrogen and oxygen atoms in total. The van der Waals surface area contributed by atoms with E-state index < -0.39 is 5.41 Å². The Morgan fingerprint density at radius 2 is 1.88 bits per heavy atom. The number of aromatic amines is 1. The molecule has 0 saturated heterocycles. The van der Waals surface area contributed by atoms with Crippen molar-refractivity contribution in [2.75, 3.05) is 52.5 Å². The van der Waals surface area contributed by atoms with E-state index in [4.69, 9.17) is 9.47 Å². The number of amides is 1. The van der Waals surface area contributed by atoms with E-state index in [-0.39, 0.29) is 5.91 Å². The number of anilines is 1. The first-order chi connectivity index (χ1) is 19.4. The van der Waals surface area contributed by atoms with Gasteiger partial charge in [-0.1, -0.05) is 12.5 Å². The number of aryl methyl sites for hydroxylation is 1. The van der Waals surface area contributed by atoms with Crippen molar-refractivity contribution in [3.63, 3.8) is 0 Å². The Morgan fingerprint density at radius 3 is 2.48 bits per heavy atom. The highest BCUT2D eigenvalue weighted by Gasteiger charge is 2.50. The fraction of sp³-hybridized carbons (Fsp3) is 0.581. The number of benzene rings is 1. The van der Waals surface area contributed by atoms with Crippen LogP contribution in [0.4, 0.5) is 5.69 Å². The number of aromatic nitrogens is 1. The Morgan fingerprint density at radius 1 is 1.15 bits per heavy atom. The van der Waals surface area contributed by atoms with Gasteiger partial charge in [-0.05, 0) is 89.2 Å². The van der Waals surface area contributed by atoms with E-state index in [1.54, 1.807) is 19.1 Å². The monoisotopic (exact) mass is 553 g/mol. The SMILES string of the molecule is CCCNC.COCCC1(CCOC)C(=O)N(CCC=O)c2cc3c4c([nH]c3cc21)/C(C)=N/N/C=C(\C)CCC4. The molecule has 1 aromatic carbocycles. The van der Waals surface area contributed by atoms with E-state index in [0.717, 1.165) is 65.7 Å². The third-order valence-corrected chi connectivity index (χ3v) is 7.82. The summed E-state index contributed by atoms with van der Waals surface area (Å²) in [6.45, 7) is 8.68. The maximum Gasteiger partial charge on any atom is 0.237 e. The average molecular weight is 554 g/mol. The van der Waals surface area contributed by atoms with Crippen LogP contribution in [0.3, 0.4) is 0 Å². The van der Waals surface area contributed by atoms with E-state index in [9.17, 15) is 9.59 Å². The van der Waals surface area contributed by atoms with E-state index >= 15 is 0 Å². The van der Waals surface area contributed by atoms with Gasteiger partial charge in [0.1, 0.15) is 6.29 Å². The predicted molar refractivity (Wildman–Crippen MR) is 162 cm³/mol. The summed E-state index contributed by atoms with van der Waals surface area (Å²) in [6, 6.07) is 4.27. The average Bonchev–Trinajstić information content (AvgIpc) is 3.41. The normalized spacial score (nSPS) is 18.9. The zero-order valence-electron chi connectivity index (χ0n) is 25.1. The Kier molecular flexibility index (Phi) is 11.9. The number of ether oxygens (including phenoxy) is 2. The molecule has 1 aromatic heterocycles. The summed E-state index contributed by atoms with van der Waals surface area (Å²) in [7, 11) is 5.27. The number of methoxy groups -OCH3 is 2. The van der Waals surface area contributed by atoms with E-state index in [0.29, 0.717) is 39.0 Å². The summed E-state index contributed by atoms with van der Waals surface area (Å²) in [5.41, 5.74) is 9.57. The molecule has 2 aliphatic heterocycles. The van der Waals surface area contributed by atoms with Gasteiger partial charge in [-0.15, -0.1) is 0 Å². The number of carbonyl (C=O) groups is 2. The van der Waals surface area contributed by atoms with Gasteiger partial charge in [0.25, 0.3) is 0 Å². The Balaban J connectivity index is 0.000000810. The Hall–Kier alpha value is -3.01. The number of H-pyrrole nitrogens is 1. The largest absolute Gasteiger partial charge is 0.385 e. The lowest BCUT2D eigenvalue weighted by Crippen LogP contribution is -2.42. The van der Waals surface area contributed by atoms with Gasteiger partial charge in [0.2, 0.25) is 5.91 Å². The van der Waals surface area contributed by atoms with Crippen molar-refractivity contribution in [3.05, 3.63) is 40.7 Å². The van der Waals surface area contributed by atoms with Gasteiger partial charge in [0.15, 0.2) is 0 Å². The molecule has 0 saturated carbocycles. The zero-order chi connectivity index (χ0) is 29.1. The fourth-order valence-corrected chi connectivity index (χ4v) is 5.67. The number of fused-ring (bicyclic) bond motifs is 4. The van der Waals surface area contributed by atoms with Crippen LogP contribution in [0.1, 0.15) is 76.1 Å². The van der Waals surface area contributed by atoms with Crippen LogP contribution in [0.5, 0.6) is 0 Å². The summed E-state index contributed by atoms with van der Waals surface area (Å²) in [5, 5.41) is 8.67. The van der Waals surface area contributed by atoms with Crippen molar-refractivity contribution in [1.82, 2.24) is 15.7 Å². The van der Waals surface area contributed by atoms with Crippen LogP contribution in [0.2, 0.25) is 0 Å². The number of carbonyl (C=O) groups excluding carboxylic acids is 2. The van der Waals surface area contributed by atoms with Crippen LogP contribution >= 0.6 is 0 Å². The molecule has 0 unspecified atom stereocenters. The van der Waals surface area contributed by atoms with Crippen LogP contribution in [-0.4, -0.2) is 70.5 Å². The molecule has 3 N–H and O–H groups in total. The lowest BCUT2D eigenvalue weighted by atomic mass is 9.76. The smallest absolute Gasteiger partial charge is 0.237 e. The first kappa shape index (κ1) is 31.5. The van der Waals surface area contributed by atoms with Gasteiger partial charge >= 0.3 is 0 Å². The van der Waals surface area contributed by atoms with Crippen molar-refractivity contribution in [1.29, 1.82) is 0 Å². The topological polar surface area (TPSA) is 108 Å². The van der Waals surface area contributed by atoms with Crippen LogP contribution in [0.15, 0.2) is 29.0 Å². The Bertz CT molecular complexity index is 1210. The molecule has 40 heavy (non-hydrogen) atoms. The molecule has 4 rings (SSSR count). The second-order valence-corrected chi connectivity index (χ2v) is 10.6. The Labute approximate surface area is 238 Å². The predicted octanol–water partition coefficient (Wildman–Crippen LogP) is 4.58. The molecule has 3 heterocycles. The molecule has 0 aliphatic carbocycles. The van der Waals surface area contributed by atoms with Gasteiger partial charge in [0.05, 0.1) is 16.8 Å². The number of rotatable bonds is 11. The summed E-state index contributed by atoms with van der Waals surface area (Å²) in [4.78, 5) is 30.6. The van der Waals surface area contributed by atoms with Gasteiger partial charge in [-0.25, -0.2) is 0 Å². The standard InChI is InChI=1S/C27H36N4O4.C4H11N/c1-18-7-5-8-20-21-15-24-22(16-23(21)29-25(20)19(2)30-28-17-18)27(9-13-34-3,10-14-35-4)26(33)31(24)11-6-12-32;1-3-4-5-2/h12,15-17,28-29H,5-11,13-14H2,1-4H3;5H,3-4H2,1-2H3/b18-17+,30-19+;. The maximum absolute atomic E-state index is 13.9. The van der Waals surface area contributed by atoms with E-state index in [1.165, 1.54) is 17.6 Å². The molecular formula is C31H47N5O4. The van der Waals surface area contributed by atoms with Gasteiger partial charge in [0, 0.05) is 63.2 Å². The molecule has 0 fully saturated rings. The molecule has 0 radical (unpaired) electrons. The molecule has 0 spiro atoms. The molecule has 0 bridgehead atoms. The number of hydrazone groups is 1. The molecule has 2 aliphatic rings. The van der Waals surface area contributed by atoms with Gasteiger partial charge in [-0.3, -0.25) is 10.2 Å². The van der Waals surface area contributed by atoms with Crippen LogP contribution in [-0.2, 0) is 30.9 Å². The lowest BCUT2D eigenvalue weighted by Gasteiger charge is -2.28. The molecule has 2 aromatic rings. The third-order valence-electron chi connectivity index (χ3n) is 7.82. The van der Waals surface area contributed by atoms with Crippen molar-refractivity contribution < 1.29 is 19.1 Å². The summed E-state index contributed by atoms with van der Waals surface area (Å²) < 4.78 is 10.8. The molecule has 0 atom stereocenters. The minimum Gasteiger partial charge on any atom is -0.385 e. The number of aldehydes is 1. The lowest BCUT2D eigenvalue weighted by molar-refractivity contribution is -0.124. The van der Waals surface area contributed by atoms with Crippen molar-refractivity contribution in [2.45, 2.75) is 71.1 Å². The van der Waals surface area contributed by atoms with Gasteiger partial charge in [-0.2, -0.15) is 5.10 Å². The second kappa shape index (κ2) is 15.1. The minimum atomic E-state index is -0.751. The van der Waals surface area contributed by atoms with Crippen molar-refractivity contribution >= 4 is 34.5 Å². The van der Waals surface area contributed by atoms with Crippen molar-refractivity contribution in [2.24, 2.45) is 5.10 Å². The first-order valence-corrected chi connectivity index (χ1v) is 14.4. The van der Waals surface area contributed by atoms with Crippen LogP contribution < -0.4 is 15.6 Å². The highest BCUT2D eigenvalue weighted by molar-refractivity contribution is 6.12. The highest BCUT2D eigenvalue weighted by Crippen LogP contribution is 2.48. The van der Waals surface area contributed by atoms with Crippen LogP contribution in [0.25, 0.3) is 10.9 Å². The van der Waals surface area contributed by atoms with Crippen molar-refractivity contribution in [3.8, 4) is 0 Å². The van der Waals surface area contributed by atoms with E-state index in [1.807, 2.05) is 20.2 Å². The fourth-order valence-electron chi connectivity index (χ4n) is 5.67. The quantitative estimate of drug-likeness (QED) is 0.352. The minimum absolute atomic E-state index is 0.0231. The van der Waals surface area contributed by atoms with Crippen LogP contribution in [0, 0.1) is 0 Å². The summed E-state index contributed by atoms with van der Waals surface area (Å²) in [5.74, 6) is 0.0231. The number of hydrogen-bond donors (Lipinski definition) is 3. The second-order valence-electron chi connectivity index (χ2n) is 10.6. The zero-order valence-corrected chi connectivity index (χ0v) is 25.1. The van der Waals surface area contributed by atoms with Gasteiger partial charge < -0.3 is 29.5 Å². The highest BCUT2D eigenvalue weighted by atomic mass is 16.5. The molecule has 220 valence electrons. The summed E-state index contributed by atoms with van der Waals surface area (Å²) >= 11 is 0. The van der Waals surface area contributed by atoms with E-state index in [2.05, 4.69) is 46.8 Å². The number of hydrogen-bond acceptors (Lipinski definition) is 7. The maximum atomic E-state index is 13.9. The summed E-state index contributed by atoms with van der Waals surface area (Å²) in [6.07, 6.45) is 8.38. The number of nitrogens with one attached hydrogen (secondary N) is 3. The molecule has 1 amide bonds. The number of nitrogens with zero attached hydrogens (tertiary/aromatic N) is 2. The molecular weight excluding hydrogens is 506 g/mol.